The summed E-state index contributed by atoms with van der Waals surface area (Å²) in [5.74, 6) is 0. The van der Waals surface area contributed by atoms with E-state index < -0.39 is 0 Å². The van der Waals surface area contributed by atoms with Crippen LogP contribution in [0.3, 0.4) is 0 Å². The van der Waals surface area contributed by atoms with E-state index in [2.05, 4.69) is 32.9 Å². The fourth-order valence-electron chi connectivity index (χ4n) is 1.60. The molecule has 0 aromatic heterocycles. The molecule has 1 rings (SSSR count). The van der Waals surface area contributed by atoms with Gasteiger partial charge in [-0.15, -0.1) is 0 Å². The van der Waals surface area contributed by atoms with Crippen molar-refractivity contribution < 1.29 is 5.11 Å². The minimum Gasteiger partial charge on any atom is -0.388 e. The van der Waals surface area contributed by atoms with Crippen LogP contribution in [0, 0.1) is 0 Å². The van der Waals surface area contributed by atoms with Gasteiger partial charge < -0.3 is 5.11 Å². The number of rotatable bonds is 4. The molecule has 0 heterocycles. The van der Waals surface area contributed by atoms with Gasteiger partial charge in [-0.1, -0.05) is 52.0 Å². The van der Waals surface area contributed by atoms with E-state index >= 15 is 0 Å². The number of aliphatic hydroxyl groups is 1. The van der Waals surface area contributed by atoms with Gasteiger partial charge in [-0.25, -0.2) is 0 Å². The first kappa shape index (κ1) is 12.3. The molecule has 0 radical (unpaired) electrons. The molecule has 15 heavy (non-hydrogen) atoms. The van der Waals surface area contributed by atoms with E-state index in [1.165, 1.54) is 5.56 Å². The van der Waals surface area contributed by atoms with Crippen molar-refractivity contribution in [2.45, 2.75) is 52.1 Å². The number of aliphatic hydroxyl groups excluding tert-OH is 1. The molecule has 1 aromatic rings. The van der Waals surface area contributed by atoms with Crippen LogP contribution in [-0.2, 0) is 5.41 Å². The lowest BCUT2D eigenvalue weighted by Crippen LogP contribution is -2.15. The highest BCUT2D eigenvalue weighted by molar-refractivity contribution is 5.29. The van der Waals surface area contributed by atoms with E-state index in [9.17, 15) is 5.11 Å². The number of hydrogen-bond donors (Lipinski definition) is 1. The Labute approximate surface area is 93.1 Å². The van der Waals surface area contributed by atoms with Crippen molar-refractivity contribution in [2.24, 2.45) is 0 Å². The molecule has 1 aromatic carbocycles. The van der Waals surface area contributed by atoms with Gasteiger partial charge in [-0.3, -0.25) is 0 Å². The third-order valence-electron chi connectivity index (χ3n) is 3.35. The average Bonchev–Trinajstić information content (AvgIpc) is 2.28. The molecule has 0 saturated heterocycles. The third-order valence-corrected chi connectivity index (χ3v) is 3.35. The largest absolute Gasteiger partial charge is 0.388 e. The summed E-state index contributed by atoms with van der Waals surface area (Å²) in [4.78, 5) is 0. The minimum atomic E-state index is -0.316. The van der Waals surface area contributed by atoms with Crippen LogP contribution in [0.4, 0.5) is 0 Å². The molecule has 84 valence electrons. The van der Waals surface area contributed by atoms with Crippen LogP contribution in [0.15, 0.2) is 24.3 Å². The van der Waals surface area contributed by atoms with Crippen molar-refractivity contribution in [2.75, 3.05) is 0 Å². The molecule has 1 atom stereocenters. The number of hydrogen-bond acceptors (Lipinski definition) is 1. The molecule has 0 aliphatic carbocycles. The Hall–Kier alpha value is -0.820. The first-order chi connectivity index (χ1) is 7.01. The summed E-state index contributed by atoms with van der Waals surface area (Å²) < 4.78 is 0. The Morgan fingerprint density at radius 2 is 1.67 bits per heavy atom. The zero-order valence-corrected chi connectivity index (χ0v) is 10.2. The summed E-state index contributed by atoms with van der Waals surface area (Å²) in [6.07, 6.45) is 1.59. The van der Waals surface area contributed by atoms with E-state index in [4.69, 9.17) is 0 Å². The molecule has 0 spiro atoms. The van der Waals surface area contributed by atoms with Gasteiger partial charge in [0, 0.05) is 0 Å². The fraction of sp³-hybridized carbons (Fsp3) is 0.571. The van der Waals surface area contributed by atoms with Crippen LogP contribution in [-0.4, -0.2) is 5.11 Å². The molecule has 0 fully saturated rings. The van der Waals surface area contributed by atoms with Crippen LogP contribution >= 0.6 is 0 Å². The summed E-state index contributed by atoms with van der Waals surface area (Å²) in [5, 5.41) is 9.68. The molecule has 0 unspecified atom stereocenters. The Bertz CT molecular complexity index is 298. The van der Waals surface area contributed by atoms with Gasteiger partial charge in [0.2, 0.25) is 0 Å². The molecule has 1 N–H and O–H groups in total. The van der Waals surface area contributed by atoms with Crippen molar-refractivity contribution in [3.63, 3.8) is 0 Å². The summed E-state index contributed by atoms with van der Waals surface area (Å²) in [6, 6.07) is 8.36. The molecule has 0 aliphatic heterocycles. The first-order valence-electron chi connectivity index (χ1n) is 5.79. The second kappa shape index (κ2) is 4.80. The highest BCUT2D eigenvalue weighted by Crippen LogP contribution is 2.28. The summed E-state index contributed by atoms with van der Waals surface area (Å²) in [6.45, 7) is 8.69. The van der Waals surface area contributed by atoms with E-state index in [0.29, 0.717) is 0 Å². The first-order valence-corrected chi connectivity index (χ1v) is 5.79. The molecule has 1 nitrogen and oxygen atoms in total. The van der Waals surface area contributed by atoms with Crippen molar-refractivity contribution in [3.05, 3.63) is 35.4 Å². The van der Waals surface area contributed by atoms with E-state index in [1.807, 2.05) is 19.1 Å². The maximum Gasteiger partial charge on any atom is 0.0787 e. The van der Waals surface area contributed by atoms with Crippen LogP contribution in [0.25, 0.3) is 0 Å². The van der Waals surface area contributed by atoms with Gasteiger partial charge >= 0.3 is 0 Å². The van der Waals surface area contributed by atoms with Gasteiger partial charge in [0.05, 0.1) is 6.10 Å². The molecule has 0 aliphatic rings. The summed E-state index contributed by atoms with van der Waals surface area (Å²) >= 11 is 0. The van der Waals surface area contributed by atoms with E-state index in [1.54, 1.807) is 0 Å². The lowest BCUT2D eigenvalue weighted by Gasteiger charge is -2.23. The monoisotopic (exact) mass is 206 g/mol. The highest BCUT2D eigenvalue weighted by atomic mass is 16.3. The Kier molecular flexibility index (Phi) is 3.92. The zero-order valence-electron chi connectivity index (χ0n) is 10.2. The van der Waals surface area contributed by atoms with Crippen molar-refractivity contribution in [1.29, 1.82) is 0 Å². The smallest absolute Gasteiger partial charge is 0.0787 e. The van der Waals surface area contributed by atoms with E-state index in [0.717, 1.165) is 18.4 Å². The lowest BCUT2D eigenvalue weighted by molar-refractivity contribution is 0.173. The van der Waals surface area contributed by atoms with Crippen LogP contribution in [0.1, 0.15) is 57.8 Å². The highest BCUT2D eigenvalue weighted by Gasteiger charge is 2.17. The second-order valence-corrected chi connectivity index (χ2v) is 4.78. The van der Waals surface area contributed by atoms with Crippen LogP contribution in [0.2, 0.25) is 0 Å². The fourth-order valence-corrected chi connectivity index (χ4v) is 1.60. The topological polar surface area (TPSA) is 20.2 Å². The predicted octanol–water partition coefficient (Wildman–Crippen LogP) is 3.82. The van der Waals surface area contributed by atoms with Crippen LogP contribution in [0.5, 0.6) is 0 Å². The molecule has 0 saturated carbocycles. The summed E-state index contributed by atoms with van der Waals surface area (Å²) in [7, 11) is 0. The van der Waals surface area contributed by atoms with Gasteiger partial charge in [-0.2, -0.15) is 0 Å². The molecule has 0 amide bonds. The van der Waals surface area contributed by atoms with Gasteiger partial charge in [0.15, 0.2) is 0 Å². The molecular formula is C14H22O. The minimum absolute atomic E-state index is 0.232. The Balaban J connectivity index is 2.90. The van der Waals surface area contributed by atoms with Crippen molar-refractivity contribution >= 4 is 0 Å². The number of benzene rings is 1. The van der Waals surface area contributed by atoms with Crippen LogP contribution < -0.4 is 0 Å². The SMILES string of the molecule is CC[C@@H](O)c1ccc(C(C)(C)CC)cc1. The van der Waals surface area contributed by atoms with Gasteiger partial charge in [0.1, 0.15) is 0 Å². The quantitative estimate of drug-likeness (QED) is 0.794. The van der Waals surface area contributed by atoms with Gasteiger partial charge in [0.25, 0.3) is 0 Å². The average molecular weight is 206 g/mol. The lowest BCUT2D eigenvalue weighted by atomic mass is 9.82. The molecule has 1 heteroatoms. The maximum absolute atomic E-state index is 9.68. The predicted molar refractivity (Wildman–Crippen MR) is 65.0 cm³/mol. The third kappa shape index (κ3) is 2.82. The van der Waals surface area contributed by atoms with E-state index in [-0.39, 0.29) is 11.5 Å². The Morgan fingerprint density at radius 1 is 1.13 bits per heavy atom. The maximum atomic E-state index is 9.68. The summed E-state index contributed by atoms with van der Waals surface area (Å²) in [5.41, 5.74) is 2.60. The normalized spacial score (nSPS) is 13.9. The standard InChI is InChI=1S/C14H22O/c1-5-13(15)11-7-9-12(10-8-11)14(3,4)6-2/h7-10,13,15H,5-6H2,1-4H3/t13-/m1/s1. The molecule has 0 bridgehead atoms. The Morgan fingerprint density at radius 3 is 2.07 bits per heavy atom. The van der Waals surface area contributed by atoms with Crippen molar-refractivity contribution in [3.8, 4) is 0 Å². The van der Waals surface area contributed by atoms with Gasteiger partial charge in [-0.05, 0) is 29.4 Å². The molecular weight excluding hydrogens is 184 g/mol. The second-order valence-electron chi connectivity index (χ2n) is 4.78. The zero-order chi connectivity index (χ0) is 11.5. The van der Waals surface area contributed by atoms with Crippen molar-refractivity contribution in [1.82, 2.24) is 0 Å².